The molecule has 0 bridgehead atoms. The first kappa shape index (κ1) is 22.4. The number of hydrogen-bond acceptors (Lipinski definition) is 5. The highest BCUT2D eigenvalue weighted by atomic mass is 32.2. The molecule has 0 spiro atoms. The number of carbonyl (C=O) groups excluding carboxylic acids is 1. The molecule has 1 amide bonds. The molecule has 4 rings (SSSR count). The predicted octanol–water partition coefficient (Wildman–Crippen LogP) is 2.48. The van der Waals surface area contributed by atoms with E-state index in [2.05, 4.69) is 15.4 Å². The Labute approximate surface area is 192 Å². The van der Waals surface area contributed by atoms with Crippen LogP contribution in [0.25, 0.3) is 5.69 Å². The molecule has 1 aromatic heterocycles. The Morgan fingerprint density at radius 3 is 2.09 bits per heavy atom. The number of nitrogens with two attached hydrogens (primary N) is 1. The Hall–Kier alpha value is -3.82. The van der Waals surface area contributed by atoms with E-state index < -0.39 is 10.0 Å². The van der Waals surface area contributed by atoms with Crippen LogP contribution in [0.2, 0.25) is 0 Å². The third-order valence-corrected chi connectivity index (χ3v) is 5.96. The smallest absolute Gasteiger partial charge is 0.290 e. The second-order valence-electron chi connectivity index (χ2n) is 7.46. The number of nitrogens with one attached hydrogen (secondary N) is 1. The summed E-state index contributed by atoms with van der Waals surface area (Å²) in [4.78, 5) is 17.2. The van der Waals surface area contributed by atoms with Crippen LogP contribution in [0.1, 0.15) is 27.6 Å². The molecule has 9 heteroatoms. The maximum Gasteiger partial charge on any atom is 0.290 e. The Bertz CT molecular complexity index is 1340. The zero-order chi connectivity index (χ0) is 23.3. The lowest BCUT2D eigenvalue weighted by Crippen LogP contribution is -2.26. The molecule has 0 atom stereocenters. The van der Waals surface area contributed by atoms with Gasteiger partial charge in [0, 0.05) is 13.0 Å². The van der Waals surface area contributed by atoms with Crippen LogP contribution in [-0.2, 0) is 22.9 Å². The van der Waals surface area contributed by atoms with E-state index in [1.165, 1.54) is 12.1 Å². The molecule has 0 saturated carbocycles. The highest BCUT2D eigenvalue weighted by Crippen LogP contribution is 2.16. The van der Waals surface area contributed by atoms with E-state index in [-0.39, 0.29) is 16.6 Å². The number of sulfonamides is 1. The van der Waals surface area contributed by atoms with Crippen molar-refractivity contribution in [1.29, 1.82) is 0 Å². The largest absolute Gasteiger partial charge is 0.349 e. The number of primary sulfonamides is 1. The van der Waals surface area contributed by atoms with Crippen LogP contribution in [0.3, 0.4) is 0 Å². The van der Waals surface area contributed by atoms with Crippen LogP contribution >= 0.6 is 0 Å². The molecule has 8 nitrogen and oxygen atoms in total. The molecule has 3 aromatic carbocycles. The highest BCUT2D eigenvalue weighted by molar-refractivity contribution is 7.89. The monoisotopic (exact) mass is 461 g/mol. The van der Waals surface area contributed by atoms with Gasteiger partial charge < -0.3 is 5.32 Å². The van der Waals surface area contributed by atoms with Crippen molar-refractivity contribution in [3.63, 3.8) is 0 Å². The first-order valence-corrected chi connectivity index (χ1v) is 11.9. The molecule has 0 saturated heterocycles. The molecule has 0 aliphatic heterocycles. The quantitative estimate of drug-likeness (QED) is 0.418. The summed E-state index contributed by atoms with van der Waals surface area (Å²) in [6, 6.07) is 25.5. The molecule has 0 fully saturated rings. The van der Waals surface area contributed by atoms with Crippen molar-refractivity contribution in [2.45, 2.75) is 17.7 Å². The molecular formula is C24H23N5O3S. The van der Waals surface area contributed by atoms with E-state index in [0.717, 1.165) is 11.1 Å². The Balaban J connectivity index is 1.58. The Morgan fingerprint density at radius 2 is 1.48 bits per heavy atom. The van der Waals surface area contributed by atoms with Gasteiger partial charge >= 0.3 is 0 Å². The summed E-state index contributed by atoms with van der Waals surface area (Å²) in [6.07, 6.45) is 1.14. The van der Waals surface area contributed by atoms with Gasteiger partial charge in [0.1, 0.15) is 5.82 Å². The Kier molecular flexibility index (Phi) is 6.62. The van der Waals surface area contributed by atoms with Crippen LogP contribution in [0, 0.1) is 0 Å². The van der Waals surface area contributed by atoms with Gasteiger partial charge in [0.25, 0.3) is 5.91 Å². The van der Waals surface area contributed by atoms with Crippen molar-refractivity contribution in [1.82, 2.24) is 20.1 Å². The first-order chi connectivity index (χ1) is 15.9. The fraction of sp³-hybridized carbons (Fsp3) is 0.125. The minimum absolute atomic E-state index is 0.00477. The number of hydrogen-bond donors (Lipinski definition) is 2. The van der Waals surface area contributed by atoms with E-state index in [4.69, 9.17) is 5.14 Å². The van der Waals surface area contributed by atoms with Crippen LogP contribution < -0.4 is 10.5 Å². The molecule has 0 aliphatic carbocycles. The molecule has 4 aromatic rings. The average molecular weight is 462 g/mol. The molecule has 3 N–H and O–H groups in total. The maximum atomic E-state index is 12.7. The maximum absolute atomic E-state index is 12.7. The highest BCUT2D eigenvalue weighted by Gasteiger charge is 2.18. The minimum atomic E-state index is -3.81. The molecule has 0 unspecified atom stereocenters. The van der Waals surface area contributed by atoms with Gasteiger partial charge in [-0.05, 0) is 41.8 Å². The van der Waals surface area contributed by atoms with Crippen molar-refractivity contribution < 1.29 is 13.2 Å². The summed E-state index contributed by atoms with van der Waals surface area (Å²) >= 11 is 0. The third-order valence-electron chi connectivity index (χ3n) is 5.03. The summed E-state index contributed by atoms with van der Waals surface area (Å²) in [5.41, 5.74) is 2.70. The van der Waals surface area contributed by atoms with Gasteiger partial charge in [-0.2, -0.15) is 0 Å². The van der Waals surface area contributed by atoms with Gasteiger partial charge in [-0.25, -0.2) is 23.2 Å². The van der Waals surface area contributed by atoms with E-state index in [1.807, 2.05) is 60.7 Å². The molecule has 168 valence electrons. The fourth-order valence-electron chi connectivity index (χ4n) is 3.36. The second-order valence-corrected chi connectivity index (χ2v) is 9.02. The van der Waals surface area contributed by atoms with Gasteiger partial charge in [0.05, 0.1) is 10.6 Å². The lowest BCUT2D eigenvalue weighted by molar-refractivity contribution is 0.0943. The molecule has 33 heavy (non-hydrogen) atoms. The number of aromatic nitrogens is 3. The summed E-state index contributed by atoms with van der Waals surface area (Å²) in [7, 11) is -3.81. The Morgan fingerprint density at radius 1 is 0.879 bits per heavy atom. The van der Waals surface area contributed by atoms with Crippen molar-refractivity contribution in [3.8, 4) is 5.69 Å². The second kappa shape index (κ2) is 9.76. The summed E-state index contributed by atoms with van der Waals surface area (Å²) < 4.78 is 24.7. The minimum Gasteiger partial charge on any atom is -0.349 e. The predicted molar refractivity (Wildman–Crippen MR) is 124 cm³/mol. The van der Waals surface area contributed by atoms with Crippen molar-refractivity contribution in [2.75, 3.05) is 6.54 Å². The average Bonchev–Trinajstić information content (AvgIpc) is 3.24. The van der Waals surface area contributed by atoms with E-state index in [1.54, 1.807) is 16.8 Å². The van der Waals surface area contributed by atoms with Gasteiger partial charge in [-0.1, -0.05) is 60.7 Å². The SMILES string of the molecule is NS(=O)(=O)c1ccc(-n2nc(C(=O)NCCc3ccccc3)nc2Cc2ccccc2)cc1. The number of carbonyl (C=O) groups is 1. The zero-order valence-corrected chi connectivity index (χ0v) is 18.6. The van der Waals surface area contributed by atoms with Gasteiger partial charge in [0.2, 0.25) is 15.8 Å². The summed E-state index contributed by atoms with van der Waals surface area (Å²) in [5.74, 6) is 0.224. The van der Waals surface area contributed by atoms with Crippen LogP contribution in [0.15, 0.2) is 89.8 Å². The van der Waals surface area contributed by atoms with Gasteiger partial charge in [-0.15, -0.1) is 5.10 Å². The third kappa shape index (κ3) is 5.71. The van der Waals surface area contributed by atoms with E-state index >= 15 is 0 Å². The zero-order valence-electron chi connectivity index (χ0n) is 17.8. The van der Waals surface area contributed by atoms with E-state index in [9.17, 15) is 13.2 Å². The first-order valence-electron chi connectivity index (χ1n) is 10.4. The standard InChI is InChI=1S/C24H23N5O3S/c25-33(31,32)21-13-11-20(12-14-21)29-22(17-19-9-5-2-6-10-19)27-23(28-29)24(30)26-16-15-18-7-3-1-4-8-18/h1-14H,15-17H2,(H,26,30)(H2,25,31,32). The topological polar surface area (TPSA) is 120 Å². The van der Waals surface area contributed by atoms with E-state index in [0.29, 0.717) is 30.9 Å². The van der Waals surface area contributed by atoms with Crippen molar-refractivity contribution in [2.24, 2.45) is 5.14 Å². The fourth-order valence-corrected chi connectivity index (χ4v) is 3.88. The summed E-state index contributed by atoms with van der Waals surface area (Å²) in [5, 5.41) is 12.5. The molecule has 0 radical (unpaired) electrons. The number of amides is 1. The van der Waals surface area contributed by atoms with Gasteiger partial charge in [-0.3, -0.25) is 4.79 Å². The van der Waals surface area contributed by atoms with Crippen molar-refractivity contribution in [3.05, 3.63) is 108 Å². The summed E-state index contributed by atoms with van der Waals surface area (Å²) in [6.45, 7) is 0.453. The molecule has 1 heterocycles. The van der Waals surface area contributed by atoms with Crippen LogP contribution in [-0.4, -0.2) is 35.6 Å². The van der Waals surface area contributed by atoms with Crippen LogP contribution in [0.5, 0.6) is 0 Å². The van der Waals surface area contributed by atoms with Gasteiger partial charge in [0.15, 0.2) is 0 Å². The molecular weight excluding hydrogens is 438 g/mol. The normalized spacial score (nSPS) is 11.3. The lowest BCUT2D eigenvalue weighted by Gasteiger charge is -2.07. The lowest BCUT2D eigenvalue weighted by atomic mass is 10.1. The number of rotatable bonds is 8. The van der Waals surface area contributed by atoms with Crippen LogP contribution in [0.4, 0.5) is 0 Å². The molecule has 0 aliphatic rings. The number of benzene rings is 3. The van der Waals surface area contributed by atoms with Crippen molar-refractivity contribution >= 4 is 15.9 Å². The number of nitrogens with zero attached hydrogens (tertiary/aromatic N) is 3.